The van der Waals surface area contributed by atoms with Crippen LogP contribution < -0.4 is 5.32 Å². The Morgan fingerprint density at radius 2 is 2.17 bits per heavy atom. The monoisotopic (exact) mass is 263 g/mol. The highest BCUT2D eigenvalue weighted by atomic mass is 32.2. The number of anilines is 1. The summed E-state index contributed by atoms with van der Waals surface area (Å²) in [6.07, 6.45) is 3.27. The van der Waals surface area contributed by atoms with Crippen LogP contribution in [0.5, 0.6) is 0 Å². The smallest absolute Gasteiger partial charge is 0.237 e. The van der Waals surface area contributed by atoms with E-state index in [1.807, 2.05) is 6.07 Å². The maximum atomic E-state index is 12.0. The summed E-state index contributed by atoms with van der Waals surface area (Å²) >= 11 is 1.72. The standard InChI is InChI=1S/C14H17NO2S/c1-10(16)11-5-4-6-12(9-11)15-14(17)13-7-2-3-8-18-13/h4-6,9,13H,2-3,7-8H2,1H3,(H,15,17). The first-order valence-corrected chi connectivity index (χ1v) is 7.25. The molecule has 1 amide bonds. The molecule has 0 aromatic heterocycles. The molecule has 1 atom stereocenters. The zero-order valence-corrected chi connectivity index (χ0v) is 11.3. The molecular formula is C14H17NO2S. The molecule has 2 rings (SSSR count). The summed E-state index contributed by atoms with van der Waals surface area (Å²) in [5.41, 5.74) is 1.34. The van der Waals surface area contributed by atoms with Gasteiger partial charge < -0.3 is 5.32 Å². The molecule has 1 aliphatic rings. The lowest BCUT2D eigenvalue weighted by atomic mass is 10.1. The van der Waals surface area contributed by atoms with Crippen molar-refractivity contribution in [3.8, 4) is 0 Å². The van der Waals surface area contributed by atoms with Crippen LogP contribution in [-0.2, 0) is 4.79 Å². The second-order valence-corrected chi connectivity index (χ2v) is 5.79. The summed E-state index contributed by atoms with van der Waals surface area (Å²) in [6.45, 7) is 1.53. The molecule has 4 heteroatoms. The largest absolute Gasteiger partial charge is 0.325 e. The average molecular weight is 263 g/mol. The van der Waals surface area contributed by atoms with Gasteiger partial charge in [-0.3, -0.25) is 9.59 Å². The number of rotatable bonds is 3. The van der Waals surface area contributed by atoms with Crippen molar-refractivity contribution in [3.05, 3.63) is 29.8 Å². The first kappa shape index (κ1) is 13.1. The summed E-state index contributed by atoms with van der Waals surface area (Å²) in [4.78, 5) is 23.3. The number of carbonyl (C=O) groups excluding carboxylic acids is 2. The van der Waals surface area contributed by atoms with Crippen LogP contribution in [0.4, 0.5) is 5.69 Å². The molecular weight excluding hydrogens is 246 g/mol. The van der Waals surface area contributed by atoms with Gasteiger partial charge in [0.05, 0.1) is 5.25 Å². The lowest BCUT2D eigenvalue weighted by molar-refractivity contribution is -0.115. The van der Waals surface area contributed by atoms with Gasteiger partial charge in [-0.15, -0.1) is 11.8 Å². The molecule has 1 aromatic rings. The number of hydrogen-bond acceptors (Lipinski definition) is 3. The van der Waals surface area contributed by atoms with Gasteiger partial charge in [0, 0.05) is 11.3 Å². The fourth-order valence-electron chi connectivity index (χ4n) is 1.99. The van der Waals surface area contributed by atoms with Crippen LogP contribution >= 0.6 is 11.8 Å². The van der Waals surface area contributed by atoms with Gasteiger partial charge >= 0.3 is 0 Å². The fourth-order valence-corrected chi connectivity index (χ4v) is 3.19. The van der Waals surface area contributed by atoms with Gasteiger partial charge in [0.1, 0.15) is 0 Å². The van der Waals surface area contributed by atoms with E-state index in [-0.39, 0.29) is 16.9 Å². The highest BCUT2D eigenvalue weighted by Gasteiger charge is 2.21. The molecule has 96 valence electrons. The molecule has 18 heavy (non-hydrogen) atoms. The Balaban J connectivity index is 2.02. The Labute approximate surface area is 111 Å². The van der Waals surface area contributed by atoms with Crippen LogP contribution in [-0.4, -0.2) is 22.7 Å². The molecule has 1 fully saturated rings. The molecule has 1 aromatic carbocycles. The summed E-state index contributed by atoms with van der Waals surface area (Å²) in [7, 11) is 0. The normalized spacial score (nSPS) is 19.3. The van der Waals surface area contributed by atoms with Crippen LogP contribution in [0.25, 0.3) is 0 Å². The predicted octanol–water partition coefficient (Wildman–Crippen LogP) is 3.11. The minimum Gasteiger partial charge on any atom is -0.325 e. The molecule has 3 nitrogen and oxygen atoms in total. The lowest BCUT2D eigenvalue weighted by Crippen LogP contribution is -2.27. The number of Topliss-reactive ketones (excluding diaryl/α,β-unsaturated/α-hetero) is 1. The van der Waals surface area contributed by atoms with Crippen molar-refractivity contribution in [2.24, 2.45) is 0 Å². The predicted molar refractivity (Wildman–Crippen MR) is 75.2 cm³/mol. The van der Waals surface area contributed by atoms with Crippen molar-refractivity contribution in [1.29, 1.82) is 0 Å². The molecule has 0 aliphatic carbocycles. The van der Waals surface area contributed by atoms with Crippen molar-refractivity contribution in [3.63, 3.8) is 0 Å². The Bertz CT molecular complexity index is 453. The van der Waals surface area contributed by atoms with E-state index in [1.54, 1.807) is 30.0 Å². The van der Waals surface area contributed by atoms with Crippen molar-refractivity contribution in [2.45, 2.75) is 31.4 Å². The van der Waals surface area contributed by atoms with Crippen molar-refractivity contribution >= 4 is 29.1 Å². The highest BCUT2D eigenvalue weighted by Crippen LogP contribution is 2.26. The Hall–Kier alpha value is -1.29. The Kier molecular flexibility index (Phi) is 4.42. The molecule has 1 heterocycles. The maximum absolute atomic E-state index is 12.0. The van der Waals surface area contributed by atoms with Gasteiger partial charge in [-0.25, -0.2) is 0 Å². The average Bonchev–Trinajstić information content (AvgIpc) is 2.40. The SMILES string of the molecule is CC(=O)c1cccc(NC(=O)C2CCCCS2)c1. The summed E-state index contributed by atoms with van der Waals surface area (Å²) in [5, 5.41) is 2.95. The second kappa shape index (κ2) is 6.05. The van der Waals surface area contributed by atoms with Crippen LogP contribution in [0, 0.1) is 0 Å². The lowest BCUT2D eigenvalue weighted by Gasteiger charge is -2.20. The van der Waals surface area contributed by atoms with Gasteiger partial charge in [0.15, 0.2) is 5.78 Å². The van der Waals surface area contributed by atoms with E-state index in [1.165, 1.54) is 13.3 Å². The molecule has 1 unspecified atom stereocenters. The third-order valence-corrected chi connectivity index (χ3v) is 4.39. The van der Waals surface area contributed by atoms with Gasteiger partial charge in [-0.1, -0.05) is 18.6 Å². The van der Waals surface area contributed by atoms with Crippen LogP contribution in [0.15, 0.2) is 24.3 Å². The topological polar surface area (TPSA) is 46.2 Å². The van der Waals surface area contributed by atoms with Crippen LogP contribution in [0.3, 0.4) is 0 Å². The van der Waals surface area contributed by atoms with Crippen molar-refractivity contribution in [2.75, 3.05) is 11.1 Å². The van der Waals surface area contributed by atoms with E-state index >= 15 is 0 Å². The molecule has 0 saturated carbocycles. The van der Waals surface area contributed by atoms with E-state index in [9.17, 15) is 9.59 Å². The molecule has 1 aliphatic heterocycles. The van der Waals surface area contributed by atoms with Gasteiger partial charge in [0.2, 0.25) is 5.91 Å². The summed E-state index contributed by atoms with van der Waals surface area (Å²) in [5.74, 6) is 1.13. The number of carbonyl (C=O) groups is 2. The van der Waals surface area contributed by atoms with Gasteiger partial charge in [-0.2, -0.15) is 0 Å². The zero-order valence-electron chi connectivity index (χ0n) is 10.4. The number of nitrogens with one attached hydrogen (secondary N) is 1. The minimum atomic E-state index is 0.0122. The first-order valence-electron chi connectivity index (χ1n) is 6.20. The zero-order chi connectivity index (χ0) is 13.0. The van der Waals surface area contributed by atoms with Gasteiger partial charge in [0.25, 0.3) is 0 Å². The summed E-state index contributed by atoms with van der Waals surface area (Å²) < 4.78 is 0. The minimum absolute atomic E-state index is 0.0122. The van der Waals surface area contributed by atoms with E-state index in [0.717, 1.165) is 18.6 Å². The first-order chi connectivity index (χ1) is 8.66. The third-order valence-electron chi connectivity index (χ3n) is 3.01. The number of thioether (sulfide) groups is 1. The van der Waals surface area contributed by atoms with E-state index < -0.39 is 0 Å². The molecule has 1 saturated heterocycles. The van der Waals surface area contributed by atoms with Crippen molar-refractivity contribution in [1.82, 2.24) is 0 Å². The summed E-state index contributed by atoms with van der Waals surface area (Å²) in [6, 6.07) is 7.10. The molecule has 0 spiro atoms. The Morgan fingerprint density at radius 3 is 2.83 bits per heavy atom. The molecule has 0 radical (unpaired) electrons. The second-order valence-electron chi connectivity index (χ2n) is 4.48. The third kappa shape index (κ3) is 3.35. The van der Waals surface area contributed by atoms with Gasteiger partial charge in [-0.05, 0) is 37.7 Å². The van der Waals surface area contributed by atoms with Crippen molar-refractivity contribution < 1.29 is 9.59 Å². The number of benzene rings is 1. The number of hydrogen-bond donors (Lipinski definition) is 1. The number of ketones is 1. The number of amides is 1. The molecule has 1 N–H and O–H groups in total. The highest BCUT2D eigenvalue weighted by molar-refractivity contribution is 8.00. The van der Waals surface area contributed by atoms with E-state index in [4.69, 9.17) is 0 Å². The van der Waals surface area contributed by atoms with Crippen LogP contribution in [0.2, 0.25) is 0 Å². The van der Waals surface area contributed by atoms with E-state index in [0.29, 0.717) is 11.3 Å². The molecule has 0 bridgehead atoms. The quantitative estimate of drug-likeness (QED) is 0.852. The van der Waals surface area contributed by atoms with E-state index in [2.05, 4.69) is 5.32 Å². The Morgan fingerprint density at radius 1 is 1.33 bits per heavy atom. The van der Waals surface area contributed by atoms with Crippen LogP contribution in [0.1, 0.15) is 36.5 Å². The maximum Gasteiger partial charge on any atom is 0.237 e. The fraction of sp³-hybridized carbons (Fsp3) is 0.429.